The molecule has 32 heavy (non-hydrogen) atoms. The molecule has 0 spiro atoms. The zero-order valence-electron chi connectivity index (χ0n) is 17.4. The summed E-state index contributed by atoms with van der Waals surface area (Å²) in [6.45, 7) is 2.49. The minimum atomic E-state index is -0.229. The molecular weight excluding hydrogens is 425 g/mol. The molecule has 0 aliphatic carbocycles. The van der Waals surface area contributed by atoms with Crippen LogP contribution in [-0.4, -0.2) is 53.5 Å². The fourth-order valence-corrected chi connectivity index (χ4v) is 4.92. The molecule has 0 bridgehead atoms. The second-order valence-electron chi connectivity index (χ2n) is 7.59. The predicted molar refractivity (Wildman–Crippen MR) is 127 cm³/mol. The van der Waals surface area contributed by atoms with Crippen molar-refractivity contribution < 1.29 is 9.18 Å². The molecule has 1 N–H and O–H groups in total. The Morgan fingerprint density at radius 3 is 2.53 bits per heavy atom. The summed E-state index contributed by atoms with van der Waals surface area (Å²) in [4.78, 5) is 27.3. The Bertz CT molecular complexity index is 1240. The van der Waals surface area contributed by atoms with Crippen molar-refractivity contribution in [3.8, 4) is 10.4 Å². The molecule has 5 rings (SSSR count). The van der Waals surface area contributed by atoms with Crippen LogP contribution in [0.15, 0.2) is 67.0 Å². The Hall–Kier alpha value is -3.52. The number of rotatable bonds is 5. The first-order valence-corrected chi connectivity index (χ1v) is 11.3. The van der Waals surface area contributed by atoms with Gasteiger partial charge < -0.3 is 15.1 Å². The lowest BCUT2D eigenvalue weighted by Crippen LogP contribution is -2.50. The Balaban J connectivity index is 1.23. The average Bonchev–Trinajstić information content (AvgIpc) is 3.29. The summed E-state index contributed by atoms with van der Waals surface area (Å²) in [6, 6.07) is 19.0. The van der Waals surface area contributed by atoms with E-state index in [0.717, 1.165) is 20.7 Å². The third-order valence-corrected chi connectivity index (χ3v) is 6.71. The third-order valence-electron chi connectivity index (χ3n) is 5.62. The zero-order chi connectivity index (χ0) is 21.9. The number of hydrogen-bond donors (Lipinski definition) is 1. The van der Waals surface area contributed by atoms with Gasteiger partial charge in [0.05, 0.1) is 17.6 Å². The Kier molecular flexibility index (Phi) is 5.68. The highest BCUT2D eigenvalue weighted by Crippen LogP contribution is 2.34. The molecule has 0 saturated carbocycles. The maximum Gasteiger partial charge on any atom is 0.242 e. The van der Waals surface area contributed by atoms with E-state index in [1.165, 1.54) is 12.4 Å². The number of para-hydroxylation sites is 1. The summed E-state index contributed by atoms with van der Waals surface area (Å²) in [5.74, 6) is 0.433. The lowest BCUT2D eigenvalue weighted by atomic mass is 10.2. The quantitative estimate of drug-likeness (QED) is 0.495. The van der Waals surface area contributed by atoms with Gasteiger partial charge in [-0.1, -0.05) is 42.5 Å². The number of carbonyl (C=O) groups is 1. The van der Waals surface area contributed by atoms with E-state index in [-0.39, 0.29) is 18.3 Å². The highest BCUT2D eigenvalue weighted by molar-refractivity contribution is 7.21. The van der Waals surface area contributed by atoms with Crippen molar-refractivity contribution in [3.05, 3.63) is 72.8 Å². The molecular formula is C24H22FN5OS. The molecule has 1 aliphatic rings. The summed E-state index contributed by atoms with van der Waals surface area (Å²) < 4.78 is 14.0. The molecule has 1 amide bonds. The second kappa shape index (κ2) is 8.92. The van der Waals surface area contributed by atoms with Crippen LogP contribution in [0.5, 0.6) is 0 Å². The number of piperazine rings is 1. The van der Waals surface area contributed by atoms with Gasteiger partial charge in [0.2, 0.25) is 5.91 Å². The summed E-state index contributed by atoms with van der Waals surface area (Å²) in [7, 11) is 0. The van der Waals surface area contributed by atoms with E-state index < -0.39 is 0 Å². The monoisotopic (exact) mass is 447 g/mol. The molecule has 0 atom stereocenters. The van der Waals surface area contributed by atoms with Gasteiger partial charge in [0, 0.05) is 31.1 Å². The molecule has 0 radical (unpaired) electrons. The highest BCUT2D eigenvalue weighted by atomic mass is 32.1. The number of thiophene rings is 1. The molecule has 6 nitrogen and oxygen atoms in total. The number of nitrogens with zero attached hydrogens (tertiary/aromatic N) is 4. The number of amides is 1. The van der Waals surface area contributed by atoms with Crippen molar-refractivity contribution in [1.82, 2.24) is 14.9 Å². The lowest BCUT2D eigenvalue weighted by Gasteiger charge is -2.36. The van der Waals surface area contributed by atoms with Crippen LogP contribution in [0.2, 0.25) is 0 Å². The van der Waals surface area contributed by atoms with Gasteiger partial charge in [0.15, 0.2) is 0 Å². The number of anilines is 2. The van der Waals surface area contributed by atoms with Crippen LogP contribution in [-0.2, 0) is 4.79 Å². The fraction of sp³-hybridized carbons (Fsp3) is 0.208. The molecule has 2 aromatic heterocycles. The van der Waals surface area contributed by atoms with Crippen molar-refractivity contribution in [2.24, 2.45) is 0 Å². The highest BCUT2D eigenvalue weighted by Gasteiger charge is 2.22. The van der Waals surface area contributed by atoms with Crippen molar-refractivity contribution in [2.45, 2.75) is 0 Å². The van der Waals surface area contributed by atoms with Crippen LogP contribution in [0, 0.1) is 5.82 Å². The van der Waals surface area contributed by atoms with Gasteiger partial charge in [0.1, 0.15) is 22.8 Å². The van der Waals surface area contributed by atoms with Crippen molar-refractivity contribution >= 4 is 39.0 Å². The van der Waals surface area contributed by atoms with Crippen LogP contribution in [0.3, 0.4) is 0 Å². The average molecular weight is 448 g/mol. The summed E-state index contributed by atoms with van der Waals surface area (Å²) in [6.07, 6.45) is 1.52. The predicted octanol–water partition coefficient (Wildman–Crippen LogP) is 4.26. The first-order chi connectivity index (χ1) is 15.7. The van der Waals surface area contributed by atoms with E-state index in [4.69, 9.17) is 0 Å². The first-order valence-electron chi connectivity index (χ1n) is 10.5. The smallest absolute Gasteiger partial charge is 0.242 e. The molecule has 4 aromatic rings. The molecule has 8 heteroatoms. The van der Waals surface area contributed by atoms with Gasteiger partial charge in [-0.3, -0.25) is 4.79 Å². The number of fused-ring (bicyclic) bond motifs is 1. The molecule has 1 saturated heterocycles. The number of hydrogen-bond acceptors (Lipinski definition) is 6. The van der Waals surface area contributed by atoms with Gasteiger partial charge in [-0.2, -0.15) is 0 Å². The molecule has 2 aromatic carbocycles. The Morgan fingerprint density at radius 2 is 1.75 bits per heavy atom. The fourth-order valence-electron chi connectivity index (χ4n) is 3.92. The number of aromatic nitrogens is 2. The normalized spacial score (nSPS) is 14.0. The maximum atomic E-state index is 14.0. The number of nitrogens with one attached hydrogen (secondary N) is 1. The van der Waals surface area contributed by atoms with Crippen LogP contribution in [0.25, 0.3) is 20.7 Å². The van der Waals surface area contributed by atoms with E-state index in [1.807, 2.05) is 34.1 Å². The SMILES string of the molecule is O=C(CNc1ncnc2sc(-c3ccccc3)cc12)N1CCN(c2ccccc2F)CC1. The molecule has 1 aliphatic heterocycles. The maximum absolute atomic E-state index is 14.0. The van der Waals surface area contributed by atoms with E-state index in [2.05, 4.69) is 33.5 Å². The number of carbonyl (C=O) groups excluding carboxylic acids is 1. The van der Waals surface area contributed by atoms with E-state index in [9.17, 15) is 9.18 Å². The van der Waals surface area contributed by atoms with Crippen molar-refractivity contribution in [1.29, 1.82) is 0 Å². The number of halogens is 1. The van der Waals surface area contributed by atoms with Gasteiger partial charge >= 0.3 is 0 Å². The summed E-state index contributed by atoms with van der Waals surface area (Å²) in [5.41, 5.74) is 1.72. The standard InChI is InChI=1S/C24H22FN5OS/c25-19-8-4-5-9-20(19)29-10-12-30(13-11-29)22(31)15-26-23-18-14-21(17-6-2-1-3-7-17)32-24(18)28-16-27-23/h1-9,14,16H,10-13,15H2,(H,26,27,28). The van der Waals surface area contributed by atoms with Gasteiger partial charge in [-0.25, -0.2) is 14.4 Å². The van der Waals surface area contributed by atoms with Gasteiger partial charge in [-0.15, -0.1) is 11.3 Å². The van der Waals surface area contributed by atoms with Crippen molar-refractivity contribution in [3.63, 3.8) is 0 Å². The van der Waals surface area contributed by atoms with E-state index >= 15 is 0 Å². The Labute approximate surface area is 189 Å². The van der Waals surface area contributed by atoms with Crippen LogP contribution in [0.4, 0.5) is 15.9 Å². The molecule has 3 heterocycles. The third kappa shape index (κ3) is 4.13. The van der Waals surface area contributed by atoms with Crippen LogP contribution in [0.1, 0.15) is 0 Å². The second-order valence-corrected chi connectivity index (χ2v) is 8.62. The van der Waals surface area contributed by atoms with Crippen molar-refractivity contribution in [2.75, 3.05) is 42.9 Å². The van der Waals surface area contributed by atoms with Gasteiger partial charge in [-0.05, 0) is 23.8 Å². The van der Waals surface area contributed by atoms with E-state index in [0.29, 0.717) is 37.7 Å². The zero-order valence-corrected chi connectivity index (χ0v) is 18.2. The minimum Gasteiger partial charge on any atom is -0.366 e. The van der Waals surface area contributed by atoms with Gasteiger partial charge in [0.25, 0.3) is 0 Å². The number of benzene rings is 2. The largest absolute Gasteiger partial charge is 0.366 e. The molecule has 1 fully saturated rings. The van der Waals surface area contributed by atoms with E-state index in [1.54, 1.807) is 23.5 Å². The summed E-state index contributed by atoms with van der Waals surface area (Å²) >= 11 is 1.60. The van der Waals surface area contributed by atoms with Crippen LogP contribution >= 0.6 is 11.3 Å². The first kappa shape index (κ1) is 20.4. The summed E-state index contributed by atoms with van der Waals surface area (Å²) in [5, 5.41) is 4.10. The van der Waals surface area contributed by atoms with Crippen LogP contribution < -0.4 is 10.2 Å². The Morgan fingerprint density at radius 1 is 1.00 bits per heavy atom. The molecule has 0 unspecified atom stereocenters. The minimum absolute atomic E-state index is 0.00320. The lowest BCUT2D eigenvalue weighted by molar-refractivity contribution is -0.129. The molecule has 162 valence electrons. The topological polar surface area (TPSA) is 61.4 Å².